The van der Waals surface area contributed by atoms with Crippen LogP contribution in [0.4, 0.5) is 5.82 Å². The highest BCUT2D eigenvalue weighted by Crippen LogP contribution is 2.42. The molecule has 1 aromatic heterocycles. The lowest BCUT2D eigenvalue weighted by molar-refractivity contribution is -0.484. The normalized spacial score (nSPS) is 19.3. The summed E-state index contributed by atoms with van der Waals surface area (Å²) in [7, 11) is 0. The number of benzene rings is 1. The van der Waals surface area contributed by atoms with Crippen molar-refractivity contribution in [2.24, 2.45) is 4.99 Å². The van der Waals surface area contributed by atoms with E-state index in [0.29, 0.717) is 0 Å². The molecule has 1 aromatic carbocycles. The van der Waals surface area contributed by atoms with E-state index in [0.717, 1.165) is 11.4 Å². The van der Waals surface area contributed by atoms with E-state index < -0.39 is 0 Å². The Kier molecular flexibility index (Phi) is 1.61. The van der Waals surface area contributed by atoms with Gasteiger partial charge in [0.2, 0.25) is 0 Å². The minimum atomic E-state index is 0.00796. The van der Waals surface area contributed by atoms with Gasteiger partial charge in [0.1, 0.15) is 6.20 Å². The minimum Gasteiger partial charge on any atom is -0.367 e. The van der Waals surface area contributed by atoms with E-state index >= 15 is 0 Å². The molecule has 0 bridgehead atoms. The van der Waals surface area contributed by atoms with E-state index in [-0.39, 0.29) is 6.17 Å². The van der Waals surface area contributed by atoms with Gasteiger partial charge in [0.25, 0.3) is 0 Å². The number of hydrogen-bond donors (Lipinski definition) is 0. The molecule has 0 saturated heterocycles. The number of pyridine rings is 1. The van der Waals surface area contributed by atoms with Crippen molar-refractivity contribution in [2.45, 2.75) is 6.17 Å². The SMILES string of the molecule is [C-]1=[N+]2c3ncccc3-c3ccccc3C2N=C1. The third-order valence-electron chi connectivity index (χ3n) is 3.20. The lowest BCUT2D eigenvalue weighted by Gasteiger charge is -2.27. The molecule has 0 saturated carbocycles. The molecule has 3 heteroatoms. The van der Waals surface area contributed by atoms with Gasteiger partial charge in [-0.2, -0.15) is 0 Å². The summed E-state index contributed by atoms with van der Waals surface area (Å²) in [6.07, 6.45) is 6.68. The molecule has 0 spiro atoms. The zero-order valence-corrected chi connectivity index (χ0v) is 9.04. The third-order valence-corrected chi connectivity index (χ3v) is 3.20. The summed E-state index contributed by atoms with van der Waals surface area (Å²) in [6.45, 7) is 0. The fraction of sp³-hybridized carbons (Fsp3) is 0.0714. The topological polar surface area (TPSA) is 28.3 Å². The van der Waals surface area contributed by atoms with E-state index in [4.69, 9.17) is 0 Å². The summed E-state index contributed by atoms with van der Waals surface area (Å²) < 4.78 is 2.00. The Morgan fingerprint density at radius 2 is 1.94 bits per heavy atom. The van der Waals surface area contributed by atoms with Crippen molar-refractivity contribution in [1.82, 2.24) is 4.98 Å². The zero-order chi connectivity index (χ0) is 11.2. The van der Waals surface area contributed by atoms with Crippen molar-refractivity contribution in [3.05, 3.63) is 48.2 Å². The highest BCUT2D eigenvalue weighted by atomic mass is 15.2. The Hall–Kier alpha value is -2.29. The maximum Gasteiger partial charge on any atom is 0.186 e. The Bertz CT molecular complexity index is 671. The zero-order valence-electron chi connectivity index (χ0n) is 9.04. The molecule has 17 heavy (non-hydrogen) atoms. The number of rotatable bonds is 0. The molecule has 2 aromatic rings. The van der Waals surface area contributed by atoms with Gasteiger partial charge in [0.15, 0.2) is 12.0 Å². The van der Waals surface area contributed by atoms with Crippen molar-refractivity contribution >= 4 is 18.2 Å². The van der Waals surface area contributed by atoms with Crippen LogP contribution < -0.4 is 0 Å². The van der Waals surface area contributed by atoms with Crippen LogP contribution in [-0.4, -0.2) is 22.0 Å². The summed E-state index contributed by atoms with van der Waals surface area (Å²) in [5.41, 5.74) is 3.59. The fourth-order valence-corrected chi connectivity index (χ4v) is 2.47. The standard InChI is InChI=1S/C14H9N3/c1-2-5-11-10(4-1)12-6-3-7-15-13(12)17-9-8-16-14(11)17/h1-8,14H. The number of hydrogen-bond acceptors (Lipinski definition) is 2. The van der Waals surface area contributed by atoms with Gasteiger partial charge in [0.05, 0.1) is 0 Å². The predicted octanol–water partition coefficient (Wildman–Crippen LogP) is 2.44. The monoisotopic (exact) mass is 219 g/mol. The molecule has 0 amide bonds. The molecule has 3 heterocycles. The van der Waals surface area contributed by atoms with Crippen molar-refractivity contribution in [3.8, 4) is 11.1 Å². The largest absolute Gasteiger partial charge is 0.367 e. The molecule has 3 nitrogen and oxygen atoms in total. The smallest absolute Gasteiger partial charge is 0.186 e. The van der Waals surface area contributed by atoms with E-state index in [2.05, 4.69) is 40.5 Å². The van der Waals surface area contributed by atoms with E-state index in [1.54, 1.807) is 6.21 Å². The lowest BCUT2D eigenvalue weighted by Crippen LogP contribution is -2.16. The molecule has 80 valence electrons. The molecule has 2 aliphatic heterocycles. The van der Waals surface area contributed by atoms with Crippen LogP contribution in [0.3, 0.4) is 0 Å². The van der Waals surface area contributed by atoms with E-state index in [1.165, 1.54) is 11.1 Å². The predicted molar refractivity (Wildman–Crippen MR) is 65.8 cm³/mol. The lowest BCUT2D eigenvalue weighted by atomic mass is 9.95. The van der Waals surface area contributed by atoms with Gasteiger partial charge in [-0.25, -0.2) is 0 Å². The highest BCUT2D eigenvalue weighted by molar-refractivity contribution is 6.15. The van der Waals surface area contributed by atoms with Gasteiger partial charge < -0.3 is 4.58 Å². The van der Waals surface area contributed by atoms with Crippen LogP contribution in [0.5, 0.6) is 0 Å². The van der Waals surface area contributed by atoms with Crippen LogP contribution in [-0.2, 0) is 0 Å². The first-order valence-corrected chi connectivity index (χ1v) is 5.56. The Morgan fingerprint density at radius 3 is 2.94 bits per heavy atom. The third kappa shape index (κ3) is 1.08. The van der Waals surface area contributed by atoms with Gasteiger partial charge >= 0.3 is 0 Å². The van der Waals surface area contributed by atoms with E-state index in [9.17, 15) is 0 Å². The van der Waals surface area contributed by atoms with Crippen LogP contribution in [0.25, 0.3) is 11.1 Å². The molecule has 0 fully saturated rings. The molecule has 1 atom stereocenters. The van der Waals surface area contributed by atoms with Crippen LogP contribution in [0, 0.1) is 0 Å². The second-order valence-corrected chi connectivity index (χ2v) is 4.11. The molecular formula is C14H9N3. The summed E-state index contributed by atoms with van der Waals surface area (Å²) in [5.74, 6) is 0.939. The Balaban J connectivity index is 2.12. The van der Waals surface area contributed by atoms with Crippen LogP contribution in [0.2, 0.25) is 0 Å². The first-order valence-electron chi connectivity index (χ1n) is 5.56. The van der Waals surface area contributed by atoms with Crippen molar-refractivity contribution < 1.29 is 4.58 Å². The van der Waals surface area contributed by atoms with Crippen molar-refractivity contribution in [2.75, 3.05) is 0 Å². The quantitative estimate of drug-likeness (QED) is 0.494. The van der Waals surface area contributed by atoms with Gasteiger partial charge in [-0.1, -0.05) is 30.3 Å². The van der Waals surface area contributed by atoms with Gasteiger partial charge in [-0.3, -0.25) is 4.99 Å². The fourth-order valence-electron chi connectivity index (χ4n) is 2.47. The first kappa shape index (κ1) is 8.82. The molecule has 0 N–H and O–H groups in total. The Labute approximate surface area is 98.8 Å². The van der Waals surface area contributed by atoms with Crippen LogP contribution in [0.1, 0.15) is 11.7 Å². The highest BCUT2D eigenvalue weighted by Gasteiger charge is 2.28. The van der Waals surface area contributed by atoms with Crippen LogP contribution >= 0.6 is 0 Å². The second-order valence-electron chi connectivity index (χ2n) is 4.11. The van der Waals surface area contributed by atoms with Crippen molar-refractivity contribution in [1.29, 1.82) is 0 Å². The second kappa shape index (κ2) is 3.10. The molecule has 0 aliphatic carbocycles. The number of aliphatic imine (C=N–C) groups is 1. The minimum absolute atomic E-state index is 0.00796. The average molecular weight is 219 g/mol. The Morgan fingerprint density at radius 1 is 1.06 bits per heavy atom. The molecular weight excluding hydrogens is 210 g/mol. The summed E-state index contributed by atoms with van der Waals surface area (Å²) in [6, 6.07) is 12.4. The number of fused-ring (bicyclic) bond motifs is 6. The van der Waals surface area contributed by atoms with Gasteiger partial charge in [0, 0.05) is 5.56 Å². The molecule has 4 rings (SSSR count). The first-order chi connectivity index (χ1) is 8.45. The van der Waals surface area contributed by atoms with Crippen molar-refractivity contribution in [3.63, 3.8) is 0 Å². The van der Waals surface area contributed by atoms with Gasteiger partial charge in [-0.05, 0) is 29.6 Å². The average Bonchev–Trinajstić information content (AvgIpc) is 2.89. The molecule has 2 aliphatic rings. The molecule has 1 unspecified atom stereocenters. The van der Waals surface area contributed by atoms with Crippen LogP contribution in [0.15, 0.2) is 47.6 Å². The summed E-state index contributed by atoms with van der Waals surface area (Å²) in [4.78, 5) is 8.89. The number of nitrogens with zero attached hydrogens (tertiary/aromatic N) is 3. The molecule has 0 radical (unpaired) electrons. The summed E-state index contributed by atoms with van der Waals surface area (Å²) in [5, 5.41) is 0. The summed E-state index contributed by atoms with van der Waals surface area (Å²) >= 11 is 0. The maximum absolute atomic E-state index is 4.45. The van der Waals surface area contributed by atoms with Gasteiger partial charge in [-0.15, -0.1) is 4.98 Å². The number of aromatic nitrogens is 1. The van der Waals surface area contributed by atoms with E-state index in [1.807, 2.05) is 22.9 Å². The maximum atomic E-state index is 4.45.